The molecule has 2 heterocycles. The monoisotopic (exact) mass is 554 g/mol. The molecule has 0 radical (unpaired) electrons. The highest BCUT2D eigenvalue weighted by atomic mass is 127. The zero-order valence-corrected chi connectivity index (χ0v) is 20.1. The van der Waals surface area contributed by atoms with Gasteiger partial charge in [-0.15, -0.1) is 24.0 Å². The Kier molecular flexibility index (Phi) is 9.50. The van der Waals surface area contributed by atoms with E-state index in [1.165, 1.54) is 6.26 Å². The number of carbonyl (C=O) groups is 3. The van der Waals surface area contributed by atoms with Gasteiger partial charge in [-0.25, -0.2) is 0 Å². The smallest absolute Gasteiger partial charge is 0.289 e. The van der Waals surface area contributed by atoms with Crippen LogP contribution >= 0.6 is 24.0 Å². The number of nitrogens with two attached hydrogens (primary N) is 1. The second-order valence-electron chi connectivity index (χ2n) is 7.00. The molecule has 1 saturated heterocycles. The third-order valence-electron chi connectivity index (χ3n) is 4.90. The Bertz CT molecular complexity index is 938. The van der Waals surface area contributed by atoms with E-state index in [9.17, 15) is 14.4 Å². The minimum absolute atomic E-state index is 0. The van der Waals surface area contributed by atoms with Crippen molar-refractivity contribution < 1.29 is 18.8 Å². The van der Waals surface area contributed by atoms with Crippen molar-refractivity contribution in [3.8, 4) is 0 Å². The van der Waals surface area contributed by atoms with Gasteiger partial charge in [-0.1, -0.05) is 12.1 Å². The van der Waals surface area contributed by atoms with Crippen molar-refractivity contribution in [2.45, 2.75) is 6.54 Å². The largest absolute Gasteiger partial charge is 0.459 e. The van der Waals surface area contributed by atoms with Gasteiger partial charge in [0.25, 0.3) is 11.8 Å². The van der Waals surface area contributed by atoms with E-state index in [-0.39, 0.29) is 42.3 Å². The summed E-state index contributed by atoms with van der Waals surface area (Å²) in [4.78, 5) is 43.3. The Morgan fingerprint density at radius 1 is 1.03 bits per heavy atom. The minimum Gasteiger partial charge on any atom is -0.459 e. The summed E-state index contributed by atoms with van der Waals surface area (Å²) in [7, 11) is 1.72. The summed E-state index contributed by atoms with van der Waals surface area (Å²) >= 11 is 0. The topological polar surface area (TPSA) is 133 Å². The van der Waals surface area contributed by atoms with Crippen molar-refractivity contribution in [2.75, 3.05) is 39.8 Å². The van der Waals surface area contributed by atoms with Gasteiger partial charge in [-0.05, 0) is 29.8 Å². The number of piperazine rings is 1. The Hall–Kier alpha value is -3.09. The van der Waals surface area contributed by atoms with Crippen molar-refractivity contribution in [1.82, 2.24) is 20.4 Å². The number of primary amides is 1. The lowest BCUT2D eigenvalue weighted by atomic mass is 10.1. The molecule has 0 bridgehead atoms. The van der Waals surface area contributed by atoms with Crippen molar-refractivity contribution in [3.63, 3.8) is 0 Å². The summed E-state index contributed by atoms with van der Waals surface area (Å²) < 4.78 is 5.19. The number of furan rings is 1. The summed E-state index contributed by atoms with van der Waals surface area (Å²) in [6.07, 6.45) is 1.50. The van der Waals surface area contributed by atoms with E-state index in [1.54, 1.807) is 36.2 Å². The first kappa shape index (κ1) is 25.2. The van der Waals surface area contributed by atoms with E-state index in [4.69, 9.17) is 10.2 Å². The number of hydrogen-bond acceptors (Lipinski definition) is 5. The first-order valence-corrected chi connectivity index (χ1v) is 9.91. The summed E-state index contributed by atoms with van der Waals surface area (Å²) in [5.41, 5.74) is 6.45. The molecule has 0 atom stereocenters. The van der Waals surface area contributed by atoms with E-state index < -0.39 is 5.91 Å². The fourth-order valence-electron chi connectivity index (χ4n) is 3.23. The molecule has 1 aromatic heterocycles. The summed E-state index contributed by atoms with van der Waals surface area (Å²) in [5, 5.41) is 5.76. The van der Waals surface area contributed by atoms with Gasteiger partial charge in [0.1, 0.15) is 0 Å². The van der Waals surface area contributed by atoms with Crippen molar-refractivity contribution in [1.29, 1.82) is 0 Å². The zero-order valence-electron chi connectivity index (χ0n) is 17.7. The second kappa shape index (κ2) is 12.1. The molecule has 1 aromatic carbocycles. The van der Waals surface area contributed by atoms with Crippen LogP contribution < -0.4 is 16.4 Å². The highest BCUT2D eigenvalue weighted by Gasteiger charge is 2.25. The van der Waals surface area contributed by atoms with E-state index in [0.29, 0.717) is 44.0 Å². The molecule has 0 unspecified atom stereocenters. The maximum absolute atomic E-state index is 12.4. The molecule has 1 aliphatic heterocycles. The minimum atomic E-state index is -0.591. The molecule has 2 aromatic rings. The number of nitrogens with zero attached hydrogens (tertiary/aromatic N) is 3. The molecule has 1 fully saturated rings. The van der Waals surface area contributed by atoms with E-state index in [0.717, 1.165) is 11.5 Å². The van der Waals surface area contributed by atoms with Crippen LogP contribution in [0.2, 0.25) is 0 Å². The molecule has 32 heavy (non-hydrogen) atoms. The van der Waals surface area contributed by atoms with Crippen molar-refractivity contribution in [3.05, 3.63) is 59.5 Å². The first-order valence-electron chi connectivity index (χ1n) is 9.91. The lowest BCUT2D eigenvalue weighted by Crippen LogP contribution is -2.53. The van der Waals surface area contributed by atoms with Gasteiger partial charge in [-0.3, -0.25) is 19.4 Å². The molecule has 10 nitrogen and oxygen atoms in total. The molecular weight excluding hydrogens is 527 g/mol. The van der Waals surface area contributed by atoms with Crippen molar-refractivity contribution >= 4 is 47.7 Å². The van der Waals surface area contributed by atoms with Gasteiger partial charge in [0.2, 0.25) is 5.91 Å². The average molecular weight is 554 g/mol. The molecule has 4 N–H and O–H groups in total. The molecule has 11 heteroatoms. The van der Waals surface area contributed by atoms with Gasteiger partial charge >= 0.3 is 0 Å². The lowest BCUT2D eigenvalue weighted by molar-refractivity contribution is -0.117. The van der Waals surface area contributed by atoms with Crippen LogP contribution in [-0.4, -0.2) is 73.3 Å². The number of guanidine groups is 1. The lowest BCUT2D eigenvalue weighted by Gasteiger charge is -2.36. The van der Waals surface area contributed by atoms with Gasteiger partial charge in [0.15, 0.2) is 11.7 Å². The fraction of sp³-hybridized carbons (Fsp3) is 0.333. The van der Waals surface area contributed by atoms with Gasteiger partial charge in [0, 0.05) is 45.3 Å². The predicted molar refractivity (Wildman–Crippen MR) is 130 cm³/mol. The van der Waals surface area contributed by atoms with Crippen LogP contribution in [0.5, 0.6) is 0 Å². The van der Waals surface area contributed by atoms with Crippen LogP contribution in [0.25, 0.3) is 0 Å². The SMILES string of the molecule is CN=C(NCc1ccc(C(=O)NCC(N)=O)cc1)N1CCN(C(=O)c2ccco2)CC1.I. The molecule has 0 saturated carbocycles. The van der Waals surface area contributed by atoms with E-state index in [1.807, 2.05) is 12.1 Å². The first-order chi connectivity index (χ1) is 15.0. The quantitative estimate of drug-likeness (QED) is 0.273. The molecule has 1 aliphatic rings. The van der Waals surface area contributed by atoms with Crippen LogP contribution in [0.4, 0.5) is 0 Å². The fourth-order valence-corrected chi connectivity index (χ4v) is 3.23. The summed E-state index contributed by atoms with van der Waals surface area (Å²) in [6.45, 7) is 2.81. The average Bonchev–Trinajstić information content (AvgIpc) is 3.33. The van der Waals surface area contributed by atoms with E-state index >= 15 is 0 Å². The molecule has 0 spiro atoms. The van der Waals surface area contributed by atoms with Gasteiger partial charge in [-0.2, -0.15) is 0 Å². The predicted octanol–water partition coefficient (Wildman–Crippen LogP) is 0.646. The summed E-state index contributed by atoms with van der Waals surface area (Å²) in [5.74, 6) is 0.0476. The molecule has 172 valence electrons. The van der Waals surface area contributed by atoms with Crippen molar-refractivity contribution in [2.24, 2.45) is 10.7 Å². The molecular formula is C21H27IN6O4. The van der Waals surface area contributed by atoms with Gasteiger partial charge in [0.05, 0.1) is 12.8 Å². The number of halogens is 1. The van der Waals surface area contributed by atoms with E-state index in [2.05, 4.69) is 20.5 Å². The Labute approximate surface area is 203 Å². The Balaban J connectivity index is 0.00000363. The summed E-state index contributed by atoms with van der Waals surface area (Å²) in [6, 6.07) is 10.4. The van der Waals surface area contributed by atoms with Gasteiger partial charge < -0.3 is 30.6 Å². The van der Waals surface area contributed by atoms with Crippen LogP contribution in [0, 0.1) is 0 Å². The van der Waals surface area contributed by atoms with Crippen LogP contribution in [0.1, 0.15) is 26.5 Å². The maximum Gasteiger partial charge on any atom is 0.289 e. The number of nitrogens with one attached hydrogen (secondary N) is 2. The van der Waals surface area contributed by atoms with Crippen LogP contribution in [0.15, 0.2) is 52.1 Å². The number of benzene rings is 1. The third-order valence-corrected chi connectivity index (χ3v) is 4.90. The van der Waals surface area contributed by atoms with Crippen LogP contribution in [-0.2, 0) is 11.3 Å². The maximum atomic E-state index is 12.4. The number of aliphatic imine (C=N–C) groups is 1. The third kappa shape index (κ3) is 6.70. The number of rotatable bonds is 6. The molecule has 0 aliphatic carbocycles. The molecule has 3 rings (SSSR count). The van der Waals surface area contributed by atoms with Crippen LogP contribution in [0.3, 0.4) is 0 Å². The number of hydrogen-bond donors (Lipinski definition) is 3. The number of amides is 3. The highest BCUT2D eigenvalue weighted by Crippen LogP contribution is 2.10. The standard InChI is InChI=1S/C21H26N6O4.HI/c1-23-21(27-10-8-26(9-11-27)20(30)17-3-2-12-31-17)25-13-15-4-6-16(7-5-15)19(29)24-14-18(22)28;/h2-7,12H,8-11,13-14H2,1H3,(H2,22,28)(H,23,25)(H,24,29);1H. The normalized spacial score (nSPS) is 13.8. The highest BCUT2D eigenvalue weighted by molar-refractivity contribution is 14.0. The number of carbonyl (C=O) groups excluding carboxylic acids is 3. The molecule has 3 amide bonds. The zero-order chi connectivity index (χ0) is 22.2. The second-order valence-corrected chi connectivity index (χ2v) is 7.00. The Morgan fingerprint density at radius 3 is 2.25 bits per heavy atom. The Morgan fingerprint density at radius 2 is 1.69 bits per heavy atom.